The van der Waals surface area contributed by atoms with Crippen LogP contribution in [0.4, 0.5) is 24.5 Å². The number of allylic oxidation sites excluding steroid dienone is 4. The fraction of sp³-hybridized carbons (Fsp3) is 0.259. The van der Waals surface area contributed by atoms with Crippen molar-refractivity contribution in [1.82, 2.24) is 5.32 Å². The lowest BCUT2D eigenvalue weighted by Gasteiger charge is -2.13. The van der Waals surface area contributed by atoms with E-state index in [1.54, 1.807) is 30.3 Å². The fourth-order valence-electron chi connectivity index (χ4n) is 3.55. The van der Waals surface area contributed by atoms with Gasteiger partial charge in [0.05, 0.1) is 12.1 Å². The highest BCUT2D eigenvalue weighted by Crippen LogP contribution is 2.33. The summed E-state index contributed by atoms with van der Waals surface area (Å²) in [5, 5.41) is 8.33. The van der Waals surface area contributed by atoms with Gasteiger partial charge in [0, 0.05) is 29.1 Å². The van der Waals surface area contributed by atoms with Crippen LogP contribution < -0.4 is 20.7 Å². The van der Waals surface area contributed by atoms with Crippen LogP contribution in [-0.4, -0.2) is 18.4 Å². The second-order valence-corrected chi connectivity index (χ2v) is 8.66. The minimum Gasteiger partial charge on any atom is -0.457 e. The average Bonchev–Trinajstić information content (AvgIpc) is 3.68. The second-order valence-electron chi connectivity index (χ2n) is 8.66. The molecule has 1 fully saturated rings. The summed E-state index contributed by atoms with van der Waals surface area (Å²) in [4.78, 5) is 24.3. The number of amides is 2. The fourth-order valence-corrected chi connectivity index (χ4v) is 3.55. The lowest BCUT2D eigenvalue weighted by atomic mass is 10.1. The van der Waals surface area contributed by atoms with Gasteiger partial charge in [-0.15, -0.1) is 0 Å². The van der Waals surface area contributed by atoms with Crippen LogP contribution in [0.1, 0.15) is 30.4 Å². The van der Waals surface area contributed by atoms with E-state index in [-0.39, 0.29) is 29.6 Å². The van der Waals surface area contributed by atoms with Gasteiger partial charge in [-0.2, -0.15) is 13.2 Å². The van der Waals surface area contributed by atoms with E-state index in [2.05, 4.69) is 16.0 Å². The van der Waals surface area contributed by atoms with Gasteiger partial charge in [-0.25, -0.2) is 0 Å². The SMILES string of the molecule is Cc1ccc(NC(=O)CNc2ccc(OC3=CC(NC(=O)C4CC4)=CCC=C3)cc2)cc1C(F)(F)F. The Morgan fingerprint density at radius 2 is 1.75 bits per heavy atom. The molecule has 2 aromatic carbocycles. The van der Waals surface area contributed by atoms with Crippen LogP contribution in [0.3, 0.4) is 0 Å². The van der Waals surface area contributed by atoms with E-state index in [1.165, 1.54) is 19.1 Å². The molecule has 2 amide bonds. The van der Waals surface area contributed by atoms with Crippen molar-refractivity contribution in [3.05, 3.63) is 89.4 Å². The molecule has 2 aromatic rings. The summed E-state index contributed by atoms with van der Waals surface area (Å²) in [6.45, 7) is 1.24. The third-order valence-corrected chi connectivity index (χ3v) is 5.64. The molecule has 1 saturated carbocycles. The van der Waals surface area contributed by atoms with Gasteiger partial charge in [0.1, 0.15) is 11.5 Å². The third kappa shape index (κ3) is 7.00. The van der Waals surface area contributed by atoms with Gasteiger partial charge in [0.2, 0.25) is 11.8 Å². The third-order valence-electron chi connectivity index (χ3n) is 5.64. The second kappa shape index (κ2) is 10.7. The molecule has 0 saturated heterocycles. The lowest BCUT2D eigenvalue weighted by Crippen LogP contribution is -2.23. The van der Waals surface area contributed by atoms with Gasteiger partial charge < -0.3 is 20.7 Å². The summed E-state index contributed by atoms with van der Waals surface area (Å²) >= 11 is 0. The van der Waals surface area contributed by atoms with Gasteiger partial charge >= 0.3 is 6.18 Å². The molecule has 36 heavy (non-hydrogen) atoms. The van der Waals surface area contributed by atoms with Crippen molar-refractivity contribution < 1.29 is 27.5 Å². The number of benzene rings is 2. The van der Waals surface area contributed by atoms with Crippen LogP contribution in [-0.2, 0) is 15.8 Å². The van der Waals surface area contributed by atoms with Gasteiger partial charge in [-0.1, -0.05) is 18.2 Å². The monoisotopic (exact) mass is 497 g/mol. The maximum Gasteiger partial charge on any atom is 0.416 e. The number of aryl methyl sites for hydroxylation is 1. The van der Waals surface area contributed by atoms with Crippen molar-refractivity contribution >= 4 is 23.2 Å². The summed E-state index contributed by atoms with van der Waals surface area (Å²) in [5.74, 6) is 0.799. The summed E-state index contributed by atoms with van der Waals surface area (Å²) in [6, 6.07) is 10.6. The molecule has 0 atom stereocenters. The van der Waals surface area contributed by atoms with E-state index in [4.69, 9.17) is 4.74 Å². The van der Waals surface area contributed by atoms with Crippen LogP contribution in [0.5, 0.6) is 5.75 Å². The number of carbonyl (C=O) groups excluding carboxylic acids is 2. The Hall–Kier alpha value is -4.01. The Morgan fingerprint density at radius 3 is 2.44 bits per heavy atom. The van der Waals surface area contributed by atoms with Gasteiger partial charge in [0.25, 0.3) is 0 Å². The molecule has 6 nitrogen and oxygen atoms in total. The highest BCUT2D eigenvalue weighted by atomic mass is 19.4. The number of anilines is 2. The highest BCUT2D eigenvalue weighted by molar-refractivity contribution is 5.93. The number of carbonyl (C=O) groups is 2. The molecule has 0 unspecified atom stereocenters. The molecule has 3 N–H and O–H groups in total. The van der Waals surface area contributed by atoms with E-state index in [0.29, 0.717) is 29.3 Å². The largest absolute Gasteiger partial charge is 0.457 e. The Balaban J connectivity index is 1.29. The molecule has 0 radical (unpaired) electrons. The lowest BCUT2D eigenvalue weighted by molar-refractivity contribution is -0.138. The molecular weight excluding hydrogens is 471 g/mol. The number of rotatable bonds is 8. The van der Waals surface area contributed by atoms with Crippen LogP contribution in [0.25, 0.3) is 0 Å². The van der Waals surface area contributed by atoms with E-state index < -0.39 is 17.6 Å². The number of halogens is 3. The van der Waals surface area contributed by atoms with Gasteiger partial charge in [-0.05, 0) is 74.2 Å². The normalized spacial score (nSPS) is 15.3. The van der Waals surface area contributed by atoms with Crippen LogP contribution >= 0.6 is 0 Å². The van der Waals surface area contributed by atoms with Crippen molar-refractivity contribution in [2.75, 3.05) is 17.2 Å². The molecule has 2 aliphatic rings. The van der Waals surface area contributed by atoms with Crippen molar-refractivity contribution in [1.29, 1.82) is 0 Å². The predicted molar refractivity (Wildman–Crippen MR) is 131 cm³/mol. The number of hydrogen-bond donors (Lipinski definition) is 3. The van der Waals surface area contributed by atoms with Gasteiger partial charge in [-0.3, -0.25) is 9.59 Å². The minimum atomic E-state index is -4.49. The Kier molecular flexibility index (Phi) is 7.47. The Morgan fingerprint density at radius 1 is 1.03 bits per heavy atom. The quantitative estimate of drug-likeness (QED) is 0.437. The van der Waals surface area contributed by atoms with Crippen molar-refractivity contribution in [3.63, 3.8) is 0 Å². The topological polar surface area (TPSA) is 79.5 Å². The predicted octanol–water partition coefficient (Wildman–Crippen LogP) is 5.70. The number of hydrogen-bond acceptors (Lipinski definition) is 4. The first-order valence-corrected chi connectivity index (χ1v) is 11.6. The molecule has 0 bridgehead atoms. The summed E-state index contributed by atoms with van der Waals surface area (Å²) in [6.07, 6.45) is 5.50. The first-order chi connectivity index (χ1) is 17.2. The molecule has 0 aromatic heterocycles. The van der Waals surface area contributed by atoms with Crippen molar-refractivity contribution in [2.45, 2.75) is 32.4 Å². The molecule has 9 heteroatoms. The summed E-state index contributed by atoms with van der Waals surface area (Å²) in [7, 11) is 0. The van der Waals surface area contributed by atoms with Crippen LogP contribution in [0, 0.1) is 12.8 Å². The molecule has 0 heterocycles. The maximum absolute atomic E-state index is 13.1. The maximum atomic E-state index is 13.1. The first kappa shape index (κ1) is 25.1. The minimum absolute atomic E-state index is 0.0291. The number of nitrogens with one attached hydrogen (secondary N) is 3. The molecule has 0 spiro atoms. The summed E-state index contributed by atoms with van der Waals surface area (Å²) in [5.41, 5.74) is 0.726. The van der Waals surface area contributed by atoms with Crippen LogP contribution in [0.15, 0.2) is 78.2 Å². The van der Waals surface area contributed by atoms with E-state index in [1.807, 2.05) is 18.2 Å². The van der Waals surface area contributed by atoms with Crippen LogP contribution in [0.2, 0.25) is 0 Å². The highest BCUT2D eigenvalue weighted by Gasteiger charge is 2.32. The average molecular weight is 498 g/mol. The zero-order valence-corrected chi connectivity index (χ0v) is 19.6. The van der Waals surface area contributed by atoms with E-state index in [9.17, 15) is 22.8 Å². The summed E-state index contributed by atoms with van der Waals surface area (Å²) < 4.78 is 45.1. The Labute approximate surface area is 206 Å². The van der Waals surface area contributed by atoms with Crippen molar-refractivity contribution in [3.8, 4) is 5.75 Å². The zero-order valence-electron chi connectivity index (χ0n) is 19.6. The van der Waals surface area contributed by atoms with E-state index >= 15 is 0 Å². The molecule has 188 valence electrons. The number of alkyl halides is 3. The molecule has 0 aliphatic heterocycles. The first-order valence-electron chi connectivity index (χ1n) is 11.6. The van der Waals surface area contributed by atoms with E-state index in [0.717, 1.165) is 18.9 Å². The van der Waals surface area contributed by atoms with Gasteiger partial charge in [0.15, 0.2) is 0 Å². The molecule has 2 aliphatic carbocycles. The number of ether oxygens (including phenoxy) is 1. The smallest absolute Gasteiger partial charge is 0.416 e. The zero-order chi connectivity index (χ0) is 25.7. The standard InChI is InChI=1S/C27H26F3N3O3/c1-17-6-9-21(15-24(17)27(28,29)30)32-25(34)16-31-19-10-12-22(13-11-19)36-23-5-3-2-4-20(14-23)33-26(35)18-7-8-18/h3-6,9-15,18,31H,2,7-8,16H2,1H3,(H,32,34)(H,33,35). The Bertz CT molecular complexity index is 1230. The van der Waals surface area contributed by atoms with Crippen molar-refractivity contribution in [2.24, 2.45) is 5.92 Å². The molecule has 4 rings (SSSR count). The molecular formula is C27H26F3N3O3.